The lowest BCUT2D eigenvalue weighted by atomic mass is 10.1. The maximum Gasteiger partial charge on any atom is 0.262 e. The zero-order valence-electron chi connectivity index (χ0n) is 12.3. The number of nitrogens with one attached hydrogen (secondary N) is 1. The van der Waals surface area contributed by atoms with Crippen LogP contribution in [0.2, 0.25) is 0 Å². The van der Waals surface area contributed by atoms with Crippen LogP contribution >= 0.6 is 12.2 Å². The average molecular weight is 303 g/mol. The van der Waals surface area contributed by atoms with Gasteiger partial charge in [0, 0.05) is 12.6 Å². The molecule has 2 aromatic rings. The van der Waals surface area contributed by atoms with E-state index in [0.29, 0.717) is 10.2 Å². The van der Waals surface area contributed by atoms with E-state index in [9.17, 15) is 4.79 Å². The molecule has 3 rings (SSSR count). The van der Waals surface area contributed by atoms with Crippen molar-refractivity contribution in [3.63, 3.8) is 0 Å². The first kappa shape index (κ1) is 14.5. The van der Waals surface area contributed by atoms with Gasteiger partial charge in [-0.3, -0.25) is 9.36 Å². The van der Waals surface area contributed by atoms with Gasteiger partial charge in [0.05, 0.1) is 10.9 Å². The van der Waals surface area contributed by atoms with Crippen LogP contribution in [0.25, 0.3) is 10.9 Å². The minimum absolute atomic E-state index is 0.0128. The van der Waals surface area contributed by atoms with E-state index >= 15 is 0 Å². The van der Waals surface area contributed by atoms with E-state index in [4.69, 9.17) is 12.2 Å². The molecule has 0 aliphatic carbocycles. The number of fused-ring (bicyclic) bond motifs is 1. The topological polar surface area (TPSA) is 41.0 Å². The molecule has 4 nitrogen and oxygen atoms in total. The molecule has 1 N–H and O–H groups in total. The van der Waals surface area contributed by atoms with Crippen molar-refractivity contribution < 1.29 is 0 Å². The van der Waals surface area contributed by atoms with E-state index in [1.54, 1.807) is 4.57 Å². The maximum atomic E-state index is 12.7. The summed E-state index contributed by atoms with van der Waals surface area (Å²) in [4.78, 5) is 18.3. The highest BCUT2D eigenvalue weighted by molar-refractivity contribution is 7.71. The molecule has 1 aromatic carbocycles. The monoisotopic (exact) mass is 303 g/mol. The molecule has 1 aliphatic rings. The van der Waals surface area contributed by atoms with Gasteiger partial charge in [-0.05, 0) is 57.2 Å². The van der Waals surface area contributed by atoms with Crippen molar-refractivity contribution in [2.24, 2.45) is 0 Å². The Morgan fingerprint density at radius 2 is 1.95 bits per heavy atom. The summed E-state index contributed by atoms with van der Waals surface area (Å²) in [5.74, 6) is 0. The maximum absolute atomic E-state index is 12.7. The normalized spacial score (nSPS) is 18.0. The second-order valence-electron chi connectivity index (χ2n) is 5.86. The Morgan fingerprint density at radius 1 is 1.24 bits per heavy atom. The number of hydrogen-bond acceptors (Lipinski definition) is 3. The highest BCUT2D eigenvalue weighted by atomic mass is 32.1. The molecule has 0 radical (unpaired) electrons. The van der Waals surface area contributed by atoms with Crippen LogP contribution < -0.4 is 5.56 Å². The molecule has 1 fully saturated rings. The summed E-state index contributed by atoms with van der Waals surface area (Å²) < 4.78 is 2.25. The van der Waals surface area contributed by atoms with Crippen LogP contribution in [0.4, 0.5) is 0 Å². The molecule has 0 bridgehead atoms. The molecule has 1 saturated heterocycles. The van der Waals surface area contributed by atoms with Crippen molar-refractivity contribution in [1.82, 2.24) is 14.5 Å². The van der Waals surface area contributed by atoms with Crippen LogP contribution in [-0.2, 0) is 0 Å². The predicted molar refractivity (Wildman–Crippen MR) is 88.4 cm³/mol. The molecule has 5 heteroatoms. The predicted octanol–water partition coefficient (Wildman–Crippen LogP) is 3.11. The van der Waals surface area contributed by atoms with Crippen molar-refractivity contribution in [2.45, 2.75) is 32.2 Å². The van der Waals surface area contributed by atoms with Gasteiger partial charge in [-0.2, -0.15) is 0 Å². The zero-order valence-corrected chi connectivity index (χ0v) is 13.2. The minimum Gasteiger partial charge on any atom is -0.332 e. The lowest BCUT2D eigenvalue weighted by Gasteiger charge is -2.29. The number of rotatable bonds is 3. The van der Waals surface area contributed by atoms with Gasteiger partial charge in [0.25, 0.3) is 5.56 Å². The molecule has 0 spiro atoms. The molecule has 1 atom stereocenters. The quantitative estimate of drug-likeness (QED) is 0.886. The van der Waals surface area contributed by atoms with Crippen LogP contribution in [0.3, 0.4) is 0 Å². The van der Waals surface area contributed by atoms with Gasteiger partial charge >= 0.3 is 0 Å². The van der Waals surface area contributed by atoms with Crippen LogP contribution in [0, 0.1) is 4.77 Å². The third kappa shape index (κ3) is 2.94. The summed E-state index contributed by atoms with van der Waals surface area (Å²) in [6.45, 7) is 5.22. The SMILES string of the molecule is CC(CN1CCCCC1)n1c(=S)[nH]c2ccccc2c1=O. The minimum atomic E-state index is 0.0128. The van der Waals surface area contributed by atoms with Crippen LogP contribution in [0.1, 0.15) is 32.2 Å². The smallest absolute Gasteiger partial charge is 0.262 e. The Balaban J connectivity index is 1.95. The van der Waals surface area contributed by atoms with Gasteiger partial charge in [-0.15, -0.1) is 0 Å². The lowest BCUT2D eigenvalue weighted by molar-refractivity contribution is 0.200. The van der Waals surface area contributed by atoms with Crippen LogP contribution in [0.5, 0.6) is 0 Å². The molecule has 0 saturated carbocycles. The van der Waals surface area contributed by atoms with E-state index in [2.05, 4.69) is 16.8 Å². The van der Waals surface area contributed by atoms with Crippen molar-refractivity contribution in [1.29, 1.82) is 0 Å². The molecule has 2 heterocycles. The number of likely N-dealkylation sites (tertiary alicyclic amines) is 1. The number of piperidine rings is 1. The summed E-state index contributed by atoms with van der Waals surface area (Å²) in [5.41, 5.74) is 0.827. The van der Waals surface area contributed by atoms with Gasteiger partial charge < -0.3 is 9.88 Å². The Morgan fingerprint density at radius 3 is 2.71 bits per heavy atom. The van der Waals surface area contributed by atoms with Crippen molar-refractivity contribution in [2.75, 3.05) is 19.6 Å². The lowest BCUT2D eigenvalue weighted by Crippen LogP contribution is -2.37. The first-order valence-electron chi connectivity index (χ1n) is 7.63. The number of aromatic amines is 1. The summed E-state index contributed by atoms with van der Waals surface area (Å²) >= 11 is 5.40. The molecular formula is C16H21N3OS. The highest BCUT2D eigenvalue weighted by Gasteiger charge is 2.17. The summed E-state index contributed by atoms with van der Waals surface area (Å²) in [6, 6.07) is 7.64. The van der Waals surface area contributed by atoms with Crippen LogP contribution in [-0.4, -0.2) is 34.1 Å². The van der Waals surface area contributed by atoms with Crippen molar-refractivity contribution in [3.05, 3.63) is 39.4 Å². The number of nitrogens with zero attached hydrogens (tertiary/aromatic N) is 2. The van der Waals surface area contributed by atoms with E-state index in [0.717, 1.165) is 25.2 Å². The Labute approximate surface area is 129 Å². The van der Waals surface area contributed by atoms with Gasteiger partial charge in [0.1, 0.15) is 0 Å². The molecule has 1 aliphatic heterocycles. The summed E-state index contributed by atoms with van der Waals surface area (Å²) in [6.07, 6.45) is 3.83. The fraction of sp³-hybridized carbons (Fsp3) is 0.500. The van der Waals surface area contributed by atoms with E-state index < -0.39 is 0 Å². The van der Waals surface area contributed by atoms with E-state index in [1.807, 2.05) is 24.3 Å². The number of benzene rings is 1. The first-order valence-corrected chi connectivity index (χ1v) is 8.03. The Hall–Kier alpha value is -1.46. The molecule has 21 heavy (non-hydrogen) atoms. The van der Waals surface area contributed by atoms with Gasteiger partial charge in [-0.1, -0.05) is 18.6 Å². The van der Waals surface area contributed by atoms with Gasteiger partial charge in [0.2, 0.25) is 0 Å². The van der Waals surface area contributed by atoms with Crippen LogP contribution in [0.15, 0.2) is 29.1 Å². The molecule has 1 unspecified atom stereocenters. The summed E-state index contributed by atoms with van der Waals surface area (Å²) in [5, 5.41) is 0.705. The number of hydrogen-bond donors (Lipinski definition) is 1. The number of H-pyrrole nitrogens is 1. The molecular weight excluding hydrogens is 282 g/mol. The molecule has 112 valence electrons. The second kappa shape index (κ2) is 6.12. The van der Waals surface area contributed by atoms with E-state index in [-0.39, 0.29) is 11.6 Å². The number of aromatic nitrogens is 2. The largest absolute Gasteiger partial charge is 0.332 e. The zero-order chi connectivity index (χ0) is 14.8. The fourth-order valence-corrected chi connectivity index (χ4v) is 3.55. The average Bonchev–Trinajstić information content (AvgIpc) is 2.48. The molecule has 1 aromatic heterocycles. The van der Waals surface area contributed by atoms with Gasteiger partial charge in [0.15, 0.2) is 4.77 Å². The Bertz CT molecular complexity index is 743. The third-order valence-corrected chi connectivity index (χ3v) is 4.55. The summed E-state index contributed by atoms with van der Waals surface area (Å²) in [7, 11) is 0. The van der Waals surface area contributed by atoms with Crippen molar-refractivity contribution >= 4 is 23.1 Å². The highest BCUT2D eigenvalue weighted by Crippen LogP contribution is 2.14. The second-order valence-corrected chi connectivity index (χ2v) is 6.25. The van der Waals surface area contributed by atoms with Crippen molar-refractivity contribution in [3.8, 4) is 0 Å². The standard InChI is InChI=1S/C16H21N3OS/c1-12(11-18-9-5-2-6-10-18)19-15(20)13-7-3-4-8-14(13)17-16(19)21/h3-4,7-8,12H,2,5-6,9-11H2,1H3,(H,17,21). The number of para-hydroxylation sites is 1. The Kier molecular flexibility index (Phi) is 4.22. The van der Waals surface area contributed by atoms with E-state index in [1.165, 1.54) is 19.3 Å². The fourth-order valence-electron chi connectivity index (χ4n) is 3.17. The third-order valence-electron chi connectivity index (χ3n) is 4.25. The first-order chi connectivity index (χ1) is 10.2. The van der Waals surface area contributed by atoms with Gasteiger partial charge in [-0.25, -0.2) is 0 Å². The molecule has 0 amide bonds.